The Morgan fingerprint density at radius 1 is 1.17 bits per heavy atom. The number of pyridine rings is 1. The van der Waals surface area contributed by atoms with Crippen LogP contribution >= 0.6 is 0 Å². The minimum atomic E-state index is 0.0936. The summed E-state index contributed by atoms with van der Waals surface area (Å²) in [5.41, 5.74) is 1.51. The lowest BCUT2D eigenvalue weighted by molar-refractivity contribution is 0.0433. The molecule has 0 radical (unpaired) electrons. The van der Waals surface area contributed by atoms with Gasteiger partial charge in [-0.2, -0.15) is 0 Å². The van der Waals surface area contributed by atoms with Crippen LogP contribution < -0.4 is 0 Å². The molecule has 1 amide bonds. The largest absolute Gasteiger partial charge is 0.377 e. The molecule has 2 aromatic rings. The molecule has 5 heteroatoms. The zero-order chi connectivity index (χ0) is 16.4. The Morgan fingerprint density at radius 2 is 2.00 bits per heavy atom. The van der Waals surface area contributed by atoms with E-state index in [1.165, 1.54) is 12.8 Å². The van der Waals surface area contributed by atoms with Crippen LogP contribution in [0.15, 0.2) is 36.5 Å². The van der Waals surface area contributed by atoms with E-state index in [1.807, 2.05) is 35.2 Å². The van der Waals surface area contributed by atoms with Crippen molar-refractivity contribution < 1.29 is 9.53 Å². The van der Waals surface area contributed by atoms with Gasteiger partial charge in [-0.25, -0.2) is 0 Å². The standard InChI is InChI=1S/C19H23N3O2/c23-19(17-7-1-4-15-5-2-8-20-18(15)17)22-11-9-21(10-12-22)14-16-6-3-13-24-16/h1-2,4-5,7-8,16H,3,6,9-14H2. The topological polar surface area (TPSA) is 45.7 Å². The summed E-state index contributed by atoms with van der Waals surface area (Å²) in [6.45, 7) is 5.28. The second kappa shape index (κ2) is 6.87. The van der Waals surface area contributed by atoms with Crippen molar-refractivity contribution in [3.8, 4) is 0 Å². The quantitative estimate of drug-likeness (QED) is 0.868. The number of fused-ring (bicyclic) bond motifs is 1. The monoisotopic (exact) mass is 325 g/mol. The number of carbonyl (C=O) groups is 1. The van der Waals surface area contributed by atoms with Crippen molar-refractivity contribution in [1.29, 1.82) is 0 Å². The molecule has 3 heterocycles. The maximum atomic E-state index is 12.9. The van der Waals surface area contributed by atoms with Crippen LogP contribution in [0.3, 0.4) is 0 Å². The number of ether oxygens (including phenoxy) is 1. The lowest BCUT2D eigenvalue weighted by Crippen LogP contribution is -2.50. The number of aromatic nitrogens is 1. The highest BCUT2D eigenvalue weighted by Crippen LogP contribution is 2.19. The number of amides is 1. The maximum Gasteiger partial charge on any atom is 0.256 e. The van der Waals surface area contributed by atoms with E-state index in [-0.39, 0.29) is 5.91 Å². The molecule has 24 heavy (non-hydrogen) atoms. The summed E-state index contributed by atoms with van der Waals surface area (Å²) >= 11 is 0. The van der Waals surface area contributed by atoms with Crippen LogP contribution in [0.4, 0.5) is 0 Å². The number of carbonyl (C=O) groups excluding carboxylic acids is 1. The Labute approximate surface area is 142 Å². The van der Waals surface area contributed by atoms with E-state index in [0.29, 0.717) is 11.7 Å². The molecule has 1 unspecified atom stereocenters. The molecule has 1 aromatic heterocycles. The van der Waals surface area contributed by atoms with E-state index in [1.54, 1.807) is 6.20 Å². The molecule has 5 nitrogen and oxygen atoms in total. The average molecular weight is 325 g/mol. The predicted molar refractivity (Wildman–Crippen MR) is 93.1 cm³/mol. The number of nitrogens with zero attached hydrogens (tertiary/aromatic N) is 3. The molecular formula is C19H23N3O2. The lowest BCUT2D eigenvalue weighted by Gasteiger charge is -2.35. The van der Waals surface area contributed by atoms with E-state index < -0.39 is 0 Å². The molecule has 0 saturated carbocycles. The van der Waals surface area contributed by atoms with Crippen molar-refractivity contribution in [2.75, 3.05) is 39.3 Å². The Balaban J connectivity index is 1.42. The summed E-state index contributed by atoms with van der Waals surface area (Å²) in [4.78, 5) is 21.7. The Hall–Kier alpha value is -1.98. The van der Waals surface area contributed by atoms with Crippen LogP contribution in [0.1, 0.15) is 23.2 Å². The molecule has 2 aliphatic heterocycles. The van der Waals surface area contributed by atoms with Gasteiger partial charge in [-0.3, -0.25) is 14.7 Å². The summed E-state index contributed by atoms with van der Waals surface area (Å²) in [6.07, 6.45) is 4.48. The van der Waals surface area contributed by atoms with Gasteiger partial charge in [0.05, 0.1) is 17.2 Å². The molecule has 0 spiro atoms. The Morgan fingerprint density at radius 3 is 2.79 bits per heavy atom. The van der Waals surface area contributed by atoms with E-state index in [2.05, 4.69) is 9.88 Å². The third-order valence-corrected chi connectivity index (χ3v) is 5.01. The van der Waals surface area contributed by atoms with Gasteiger partial charge in [0.1, 0.15) is 0 Å². The molecule has 0 bridgehead atoms. The van der Waals surface area contributed by atoms with Crippen molar-refractivity contribution in [1.82, 2.24) is 14.8 Å². The smallest absolute Gasteiger partial charge is 0.256 e. The zero-order valence-electron chi connectivity index (χ0n) is 13.9. The van der Waals surface area contributed by atoms with Gasteiger partial charge in [0.15, 0.2) is 0 Å². The van der Waals surface area contributed by atoms with E-state index in [0.717, 1.165) is 50.2 Å². The van der Waals surface area contributed by atoms with Crippen molar-refractivity contribution in [2.45, 2.75) is 18.9 Å². The number of para-hydroxylation sites is 1. The molecular weight excluding hydrogens is 302 g/mol. The fourth-order valence-electron chi connectivity index (χ4n) is 3.66. The summed E-state index contributed by atoms with van der Waals surface area (Å²) in [5, 5.41) is 1.01. The molecule has 2 fully saturated rings. The third kappa shape index (κ3) is 3.14. The number of rotatable bonds is 3. The Kier molecular flexibility index (Phi) is 4.45. The zero-order valence-corrected chi connectivity index (χ0v) is 13.9. The first-order valence-corrected chi connectivity index (χ1v) is 8.78. The molecule has 2 saturated heterocycles. The molecule has 4 rings (SSSR count). The average Bonchev–Trinajstić information content (AvgIpc) is 3.14. The van der Waals surface area contributed by atoms with Gasteiger partial charge in [-0.15, -0.1) is 0 Å². The second-order valence-corrected chi connectivity index (χ2v) is 6.61. The minimum absolute atomic E-state index is 0.0936. The summed E-state index contributed by atoms with van der Waals surface area (Å²) in [7, 11) is 0. The molecule has 0 aliphatic carbocycles. The summed E-state index contributed by atoms with van der Waals surface area (Å²) < 4.78 is 5.72. The second-order valence-electron chi connectivity index (χ2n) is 6.61. The van der Waals surface area contributed by atoms with E-state index >= 15 is 0 Å². The number of piperazine rings is 1. The number of hydrogen-bond donors (Lipinski definition) is 0. The lowest BCUT2D eigenvalue weighted by atomic mass is 10.1. The highest BCUT2D eigenvalue weighted by molar-refractivity contribution is 6.05. The highest BCUT2D eigenvalue weighted by Gasteiger charge is 2.26. The first-order chi connectivity index (χ1) is 11.8. The number of benzene rings is 1. The fraction of sp³-hybridized carbons (Fsp3) is 0.474. The fourth-order valence-corrected chi connectivity index (χ4v) is 3.66. The number of hydrogen-bond acceptors (Lipinski definition) is 4. The van der Waals surface area contributed by atoms with Crippen molar-refractivity contribution in [3.63, 3.8) is 0 Å². The third-order valence-electron chi connectivity index (χ3n) is 5.01. The van der Waals surface area contributed by atoms with Crippen LogP contribution in [0.2, 0.25) is 0 Å². The van der Waals surface area contributed by atoms with Gasteiger partial charge >= 0.3 is 0 Å². The van der Waals surface area contributed by atoms with Crippen molar-refractivity contribution in [2.24, 2.45) is 0 Å². The minimum Gasteiger partial charge on any atom is -0.377 e. The predicted octanol–water partition coefficient (Wildman–Crippen LogP) is 2.17. The highest BCUT2D eigenvalue weighted by atomic mass is 16.5. The van der Waals surface area contributed by atoms with Gasteiger partial charge in [0, 0.05) is 50.9 Å². The molecule has 0 N–H and O–H groups in total. The molecule has 2 aliphatic rings. The maximum absolute atomic E-state index is 12.9. The normalized spacial score (nSPS) is 22.2. The summed E-state index contributed by atoms with van der Waals surface area (Å²) in [5.74, 6) is 0.0936. The van der Waals surface area contributed by atoms with E-state index in [9.17, 15) is 4.79 Å². The van der Waals surface area contributed by atoms with Gasteiger partial charge in [-0.1, -0.05) is 18.2 Å². The SMILES string of the molecule is O=C(c1cccc2cccnc12)N1CCN(CC2CCCO2)CC1. The Bertz CT molecular complexity index is 714. The summed E-state index contributed by atoms with van der Waals surface area (Å²) in [6, 6.07) is 9.72. The van der Waals surface area contributed by atoms with Crippen LogP contribution in [-0.4, -0.2) is 66.1 Å². The molecule has 126 valence electrons. The first-order valence-electron chi connectivity index (χ1n) is 8.78. The molecule has 1 atom stereocenters. The van der Waals surface area contributed by atoms with Crippen molar-refractivity contribution in [3.05, 3.63) is 42.1 Å². The van der Waals surface area contributed by atoms with Crippen LogP contribution in [-0.2, 0) is 4.74 Å². The van der Waals surface area contributed by atoms with Gasteiger partial charge in [0.2, 0.25) is 0 Å². The molecule has 1 aromatic carbocycles. The van der Waals surface area contributed by atoms with E-state index in [4.69, 9.17) is 4.74 Å². The van der Waals surface area contributed by atoms with Gasteiger partial charge in [0.25, 0.3) is 5.91 Å². The first kappa shape index (κ1) is 15.5. The van der Waals surface area contributed by atoms with Crippen LogP contribution in [0.5, 0.6) is 0 Å². The van der Waals surface area contributed by atoms with Gasteiger partial charge in [-0.05, 0) is 25.0 Å². The van der Waals surface area contributed by atoms with Crippen molar-refractivity contribution >= 4 is 16.8 Å². The van der Waals surface area contributed by atoms with Crippen LogP contribution in [0, 0.1) is 0 Å². The van der Waals surface area contributed by atoms with Crippen LogP contribution in [0.25, 0.3) is 10.9 Å². The van der Waals surface area contributed by atoms with Gasteiger partial charge < -0.3 is 9.64 Å².